The van der Waals surface area contributed by atoms with Gasteiger partial charge in [0.05, 0.1) is 0 Å². The van der Waals surface area contributed by atoms with Crippen LogP contribution in [0.3, 0.4) is 0 Å². The van der Waals surface area contributed by atoms with Crippen LogP contribution in [0.2, 0.25) is 0 Å². The molecule has 1 aromatic heterocycles. The smallest absolute Gasteiger partial charge is 0.267 e. The first-order chi connectivity index (χ1) is 17.1. The Balaban J connectivity index is 1.30. The van der Waals surface area contributed by atoms with Crippen molar-refractivity contribution in [2.24, 2.45) is 0 Å². The molecule has 0 spiro atoms. The van der Waals surface area contributed by atoms with Crippen LogP contribution in [0.25, 0.3) is 16.8 Å². The van der Waals surface area contributed by atoms with Gasteiger partial charge in [0.2, 0.25) is 0 Å². The Morgan fingerprint density at radius 3 is 2.31 bits per heavy atom. The summed E-state index contributed by atoms with van der Waals surface area (Å²) in [6.45, 7) is 2.80. The highest BCUT2D eigenvalue weighted by molar-refractivity contribution is 5.87. The molecule has 1 heterocycles. The quantitative estimate of drug-likeness (QED) is 0.140. The number of pyridine rings is 1. The van der Waals surface area contributed by atoms with Gasteiger partial charge < -0.3 is 9.47 Å². The van der Waals surface area contributed by atoms with Crippen molar-refractivity contribution < 1.29 is 19.5 Å². The molecule has 3 aromatic carbocycles. The Bertz CT molecular complexity index is 1360. The zero-order valence-corrected chi connectivity index (χ0v) is 19.3. The van der Waals surface area contributed by atoms with Crippen molar-refractivity contribution >= 4 is 22.8 Å². The fourth-order valence-corrected chi connectivity index (χ4v) is 3.47. The van der Waals surface area contributed by atoms with Gasteiger partial charge in [-0.25, -0.2) is 5.48 Å². The van der Waals surface area contributed by atoms with E-state index in [1.165, 1.54) is 6.08 Å². The molecule has 2 N–H and O–H groups in total. The van der Waals surface area contributed by atoms with Gasteiger partial charge in [-0.1, -0.05) is 60.2 Å². The molecule has 1 amide bonds. The molecule has 4 aromatic rings. The molecule has 35 heavy (non-hydrogen) atoms. The third kappa shape index (κ3) is 7.03. The first-order valence-electron chi connectivity index (χ1n) is 11.2. The van der Waals surface area contributed by atoms with E-state index in [1.54, 1.807) is 17.8 Å². The fourth-order valence-electron chi connectivity index (χ4n) is 3.47. The number of amides is 1. The number of carbonyl (C=O) groups is 1. The van der Waals surface area contributed by atoms with Crippen LogP contribution in [0.5, 0.6) is 11.5 Å². The van der Waals surface area contributed by atoms with Crippen molar-refractivity contribution in [1.82, 2.24) is 10.5 Å². The van der Waals surface area contributed by atoms with E-state index in [4.69, 9.17) is 14.7 Å². The van der Waals surface area contributed by atoms with Gasteiger partial charge in [0.25, 0.3) is 5.91 Å². The Hall–Kier alpha value is -4.42. The molecule has 0 radical (unpaired) electrons. The topological polar surface area (TPSA) is 80.7 Å². The molecule has 0 aliphatic carbocycles. The predicted octanol–water partition coefficient (Wildman–Crippen LogP) is 5.86. The Morgan fingerprint density at radius 2 is 1.60 bits per heavy atom. The summed E-state index contributed by atoms with van der Waals surface area (Å²) in [5.41, 5.74) is 5.51. The number of fused-ring (bicyclic) bond motifs is 1. The zero-order chi connectivity index (χ0) is 24.5. The number of ether oxygens (including phenoxy) is 2. The molecule has 6 heteroatoms. The minimum absolute atomic E-state index is 0.446. The largest absolute Gasteiger partial charge is 0.489 e. The molecule has 0 bridgehead atoms. The number of benzene rings is 3. The summed E-state index contributed by atoms with van der Waals surface area (Å²) >= 11 is 0. The first-order valence-corrected chi connectivity index (χ1v) is 11.2. The van der Waals surface area contributed by atoms with Crippen LogP contribution in [0.4, 0.5) is 0 Å². The van der Waals surface area contributed by atoms with Crippen LogP contribution < -0.4 is 15.0 Å². The van der Waals surface area contributed by atoms with Crippen LogP contribution >= 0.6 is 0 Å². The molecule has 0 unspecified atom stereocenters. The number of aromatic nitrogens is 1. The van der Waals surface area contributed by atoms with E-state index in [0.717, 1.165) is 44.5 Å². The Kier molecular flexibility index (Phi) is 7.88. The minimum Gasteiger partial charge on any atom is -0.489 e. The van der Waals surface area contributed by atoms with E-state index < -0.39 is 5.91 Å². The number of hydrogen-bond donors (Lipinski definition) is 2. The average Bonchev–Trinajstić information content (AvgIpc) is 2.90. The Morgan fingerprint density at radius 1 is 0.886 bits per heavy atom. The molecule has 0 aliphatic heterocycles. The van der Waals surface area contributed by atoms with E-state index in [2.05, 4.69) is 4.98 Å². The van der Waals surface area contributed by atoms with Crippen molar-refractivity contribution in [3.63, 3.8) is 0 Å². The van der Waals surface area contributed by atoms with Crippen molar-refractivity contribution in [2.45, 2.75) is 20.1 Å². The number of nitrogens with zero attached hydrogens (tertiary/aromatic N) is 1. The van der Waals surface area contributed by atoms with Gasteiger partial charge in [0, 0.05) is 23.9 Å². The van der Waals surface area contributed by atoms with Gasteiger partial charge in [-0.2, -0.15) is 0 Å². The lowest BCUT2D eigenvalue weighted by Crippen LogP contribution is -2.14. The van der Waals surface area contributed by atoms with E-state index >= 15 is 0 Å². The molecular weight excluding hydrogens is 440 g/mol. The average molecular weight is 467 g/mol. The highest BCUT2D eigenvalue weighted by Crippen LogP contribution is 2.21. The monoisotopic (exact) mass is 466 g/mol. The lowest BCUT2D eigenvalue weighted by atomic mass is 10.1. The molecule has 176 valence electrons. The minimum atomic E-state index is -0.571. The molecule has 4 rings (SSSR count). The maximum absolute atomic E-state index is 11.1. The van der Waals surface area contributed by atoms with Gasteiger partial charge in [-0.3, -0.25) is 15.0 Å². The van der Waals surface area contributed by atoms with Gasteiger partial charge in [0.1, 0.15) is 24.7 Å². The summed E-state index contributed by atoms with van der Waals surface area (Å²) in [7, 11) is 0. The molecular formula is C29H26N2O4. The van der Waals surface area contributed by atoms with Crippen molar-refractivity contribution in [3.8, 4) is 11.5 Å². The third-order valence-electron chi connectivity index (χ3n) is 5.31. The maximum atomic E-state index is 11.1. The van der Waals surface area contributed by atoms with Crippen LogP contribution in [0.1, 0.15) is 23.6 Å². The predicted molar refractivity (Wildman–Crippen MR) is 136 cm³/mol. The lowest BCUT2D eigenvalue weighted by Gasteiger charge is -2.10. The third-order valence-corrected chi connectivity index (χ3v) is 5.31. The maximum Gasteiger partial charge on any atom is 0.267 e. The second kappa shape index (κ2) is 11.6. The van der Waals surface area contributed by atoms with Gasteiger partial charge >= 0.3 is 0 Å². The molecule has 0 saturated carbocycles. The SMILES string of the molecule is CC(/C=C/C(=O)NO)=C\c1cccc(OCc2ccc(COc3ccc4ccncc4c3)cc2)c1. The standard InChI is InChI=1S/C29H26N2O4/c1-21(5-12-29(32)31-33)15-24-3-2-4-27(16-24)34-19-22-6-8-23(9-7-22)20-35-28-11-10-25-13-14-30-18-26(25)17-28/h2-18,33H,19-20H2,1H3,(H,31,32)/b12-5+,21-15+. The van der Waals surface area contributed by atoms with E-state index in [9.17, 15) is 4.79 Å². The summed E-state index contributed by atoms with van der Waals surface area (Å²) in [4.78, 5) is 15.3. The molecule has 0 atom stereocenters. The second-order valence-corrected chi connectivity index (χ2v) is 8.05. The highest BCUT2D eigenvalue weighted by atomic mass is 16.5. The fraction of sp³-hybridized carbons (Fsp3) is 0.103. The lowest BCUT2D eigenvalue weighted by molar-refractivity contribution is -0.124. The second-order valence-electron chi connectivity index (χ2n) is 8.05. The molecule has 0 aliphatic rings. The number of hydroxylamine groups is 1. The summed E-state index contributed by atoms with van der Waals surface area (Å²) < 4.78 is 11.9. The Labute approximate surface area is 204 Å². The summed E-state index contributed by atoms with van der Waals surface area (Å²) in [6, 6.07) is 23.8. The van der Waals surface area contributed by atoms with Crippen LogP contribution in [0.15, 0.2) is 103 Å². The van der Waals surface area contributed by atoms with Crippen LogP contribution in [-0.4, -0.2) is 16.1 Å². The summed E-state index contributed by atoms with van der Waals surface area (Å²) in [5.74, 6) is 0.995. The van der Waals surface area contributed by atoms with E-state index in [0.29, 0.717) is 13.2 Å². The van der Waals surface area contributed by atoms with Gasteiger partial charge in [-0.05, 0) is 59.3 Å². The van der Waals surface area contributed by atoms with Crippen LogP contribution in [0, 0.1) is 0 Å². The van der Waals surface area contributed by atoms with Gasteiger partial charge in [-0.15, -0.1) is 0 Å². The van der Waals surface area contributed by atoms with E-state index in [-0.39, 0.29) is 0 Å². The molecule has 0 saturated heterocycles. The molecule has 6 nitrogen and oxygen atoms in total. The number of hydrogen-bond acceptors (Lipinski definition) is 5. The number of rotatable bonds is 9. The number of carbonyl (C=O) groups excluding carboxylic acids is 1. The van der Waals surface area contributed by atoms with Crippen molar-refractivity contribution in [2.75, 3.05) is 0 Å². The zero-order valence-electron chi connectivity index (χ0n) is 19.3. The van der Waals surface area contributed by atoms with E-state index in [1.807, 2.05) is 92.0 Å². The normalized spacial score (nSPS) is 11.5. The number of allylic oxidation sites excluding steroid dienone is 2. The summed E-state index contributed by atoms with van der Waals surface area (Å²) in [5, 5.41) is 10.7. The number of nitrogens with one attached hydrogen (secondary N) is 1. The highest BCUT2D eigenvalue weighted by Gasteiger charge is 2.02. The van der Waals surface area contributed by atoms with Crippen LogP contribution in [-0.2, 0) is 18.0 Å². The van der Waals surface area contributed by atoms with Crippen molar-refractivity contribution in [3.05, 3.63) is 120 Å². The first kappa shape index (κ1) is 23.7. The van der Waals surface area contributed by atoms with Gasteiger partial charge in [0.15, 0.2) is 0 Å². The summed E-state index contributed by atoms with van der Waals surface area (Å²) in [6.07, 6.45) is 8.43. The van der Waals surface area contributed by atoms with Crippen molar-refractivity contribution in [1.29, 1.82) is 0 Å². The molecule has 0 fully saturated rings.